The minimum absolute atomic E-state index is 0.00838. The lowest BCUT2D eigenvalue weighted by Crippen LogP contribution is -2.54. The number of carbonyl (C=O) groups excluding carboxylic acids is 1. The van der Waals surface area contributed by atoms with Crippen LogP contribution in [0.15, 0.2) is 42.5 Å². The molecule has 27 heavy (non-hydrogen) atoms. The first-order chi connectivity index (χ1) is 13.1. The van der Waals surface area contributed by atoms with Crippen LogP contribution in [0.2, 0.25) is 0 Å². The van der Waals surface area contributed by atoms with E-state index in [0.29, 0.717) is 13.2 Å². The number of amides is 1. The van der Waals surface area contributed by atoms with E-state index in [2.05, 4.69) is 16.3 Å². The van der Waals surface area contributed by atoms with Crippen LogP contribution in [0.5, 0.6) is 17.2 Å². The first-order valence-electron chi connectivity index (χ1n) is 9.27. The van der Waals surface area contributed by atoms with Crippen LogP contribution in [-0.4, -0.2) is 38.3 Å². The Hall–Kier alpha value is -2.89. The summed E-state index contributed by atoms with van der Waals surface area (Å²) in [4.78, 5) is 13.4. The van der Waals surface area contributed by atoms with Crippen LogP contribution in [0.4, 0.5) is 5.69 Å². The summed E-state index contributed by atoms with van der Waals surface area (Å²) in [5.74, 6) is 2.44. The van der Waals surface area contributed by atoms with E-state index < -0.39 is 0 Å². The summed E-state index contributed by atoms with van der Waals surface area (Å²) in [6.45, 7) is 6.37. The standard InChI is InChI=1S/C21H24N2O4/c1-14(22-15(2)24)16-3-6-18(7-4-16)27-19-12-23(13-19)17-5-8-20-21(11-17)26-10-9-25-20/h3-8,11,14,19H,9-10,12-13H2,1-2H3,(H,22,24)/t14-/m0/s1. The van der Waals surface area contributed by atoms with Crippen molar-refractivity contribution in [1.29, 1.82) is 0 Å². The Bertz CT molecular complexity index is 815. The van der Waals surface area contributed by atoms with Gasteiger partial charge in [0.05, 0.1) is 19.1 Å². The van der Waals surface area contributed by atoms with E-state index >= 15 is 0 Å². The molecule has 0 unspecified atom stereocenters. The quantitative estimate of drug-likeness (QED) is 0.879. The summed E-state index contributed by atoms with van der Waals surface area (Å²) in [6, 6.07) is 13.9. The highest BCUT2D eigenvalue weighted by Gasteiger charge is 2.29. The van der Waals surface area contributed by atoms with Crippen LogP contribution in [0.3, 0.4) is 0 Å². The molecule has 2 aromatic carbocycles. The molecule has 142 valence electrons. The Balaban J connectivity index is 1.31. The van der Waals surface area contributed by atoms with Crippen LogP contribution in [0.25, 0.3) is 0 Å². The molecule has 6 nitrogen and oxygen atoms in total. The monoisotopic (exact) mass is 368 g/mol. The highest BCUT2D eigenvalue weighted by atomic mass is 16.6. The molecule has 0 spiro atoms. The SMILES string of the molecule is CC(=O)N[C@@H](C)c1ccc(OC2CN(c3ccc4c(c3)OCCO4)C2)cc1. The number of hydrogen-bond donors (Lipinski definition) is 1. The number of hydrogen-bond acceptors (Lipinski definition) is 5. The maximum atomic E-state index is 11.2. The van der Waals surface area contributed by atoms with Crippen LogP contribution in [0.1, 0.15) is 25.5 Å². The third kappa shape index (κ3) is 3.94. The second-order valence-electron chi connectivity index (χ2n) is 6.96. The fraction of sp³-hybridized carbons (Fsp3) is 0.381. The van der Waals surface area contributed by atoms with Gasteiger partial charge in [0.1, 0.15) is 25.1 Å². The molecule has 2 heterocycles. The molecule has 0 aliphatic carbocycles. The maximum Gasteiger partial charge on any atom is 0.217 e. The van der Waals surface area contributed by atoms with E-state index in [1.54, 1.807) is 0 Å². The van der Waals surface area contributed by atoms with Gasteiger partial charge in [-0.1, -0.05) is 12.1 Å². The molecule has 4 rings (SSSR count). The molecule has 0 saturated carbocycles. The van der Waals surface area contributed by atoms with Gasteiger partial charge in [-0.2, -0.15) is 0 Å². The molecular weight excluding hydrogens is 344 g/mol. The zero-order chi connectivity index (χ0) is 18.8. The van der Waals surface area contributed by atoms with Crippen LogP contribution < -0.4 is 24.4 Å². The number of rotatable bonds is 5. The van der Waals surface area contributed by atoms with Gasteiger partial charge in [0, 0.05) is 18.7 Å². The van der Waals surface area contributed by atoms with Gasteiger partial charge < -0.3 is 24.4 Å². The topological polar surface area (TPSA) is 60.0 Å². The summed E-state index contributed by atoms with van der Waals surface area (Å²) in [5.41, 5.74) is 2.18. The summed E-state index contributed by atoms with van der Waals surface area (Å²) >= 11 is 0. The first-order valence-corrected chi connectivity index (χ1v) is 9.27. The van der Waals surface area contributed by atoms with Gasteiger partial charge >= 0.3 is 0 Å². The fourth-order valence-corrected chi connectivity index (χ4v) is 3.37. The molecular formula is C21H24N2O4. The molecule has 2 aliphatic rings. The maximum absolute atomic E-state index is 11.2. The molecule has 2 aliphatic heterocycles. The predicted molar refractivity (Wildman–Crippen MR) is 103 cm³/mol. The fourth-order valence-electron chi connectivity index (χ4n) is 3.37. The normalized spacial score (nSPS) is 17.0. The molecule has 2 aromatic rings. The first kappa shape index (κ1) is 17.5. The smallest absolute Gasteiger partial charge is 0.217 e. The Morgan fingerprint density at radius 3 is 2.52 bits per heavy atom. The second kappa shape index (κ2) is 7.39. The van der Waals surface area contributed by atoms with Gasteiger partial charge in [-0.05, 0) is 36.8 Å². The Morgan fingerprint density at radius 1 is 1.11 bits per heavy atom. The number of fused-ring (bicyclic) bond motifs is 1. The van der Waals surface area contributed by atoms with Crippen molar-refractivity contribution in [3.05, 3.63) is 48.0 Å². The summed E-state index contributed by atoms with van der Waals surface area (Å²) in [7, 11) is 0. The molecule has 1 N–H and O–H groups in total. The highest BCUT2D eigenvalue weighted by Crippen LogP contribution is 2.35. The van der Waals surface area contributed by atoms with Gasteiger partial charge in [0.15, 0.2) is 11.5 Å². The minimum atomic E-state index is -0.0310. The molecule has 1 atom stereocenters. The Morgan fingerprint density at radius 2 is 1.81 bits per heavy atom. The van der Waals surface area contributed by atoms with Gasteiger partial charge in [0.2, 0.25) is 5.91 Å². The van der Waals surface area contributed by atoms with Crippen LogP contribution >= 0.6 is 0 Å². The lowest BCUT2D eigenvalue weighted by Gasteiger charge is -2.41. The predicted octanol–water partition coefficient (Wildman–Crippen LogP) is 2.92. The van der Waals surface area contributed by atoms with Gasteiger partial charge in [-0.15, -0.1) is 0 Å². The summed E-state index contributed by atoms with van der Waals surface area (Å²) in [5, 5.41) is 2.88. The largest absolute Gasteiger partial charge is 0.487 e. The average Bonchev–Trinajstić information content (AvgIpc) is 2.64. The van der Waals surface area contributed by atoms with Crippen molar-refractivity contribution in [3.63, 3.8) is 0 Å². The van der Waals surface area contributed by atoms with E-state index in [-0.39, 0.29) is 18.1 Å². The molecule has 6 heteroatoms. The number of nitrogens with one attached hydrogen (secondary N) is 1. The van der Waals surface area contributed by atoms with Crippen molar-refractivity contribution in [3.8, 4) is 17.2 Å². The zero-order valence-electron chi connectivity index (χ0n) is 15.6. The number of anilines is 1. The minimum Gasteiger partial charge on any atom is -0.487 e. The van der Waals surface area contributed by atoms with E-state index in [1.807, 2.05) is 43.3 Å². The molecule has 1 amide bonds. The number of benzene rings is 2. The average molecular weight is 368 g/mol. The summed E-state index contributed by atoms with van der Waals surface area (Å²) in [6.07, 6.45) is 0.164. The molecule has 1 fully saturated rings. The molecule has 0 radical (unpaired) electrons. The van der Waals surface area contributed by atoms with Crippen LogP contribution in [-0.2, 0) is 4.79 Å². The second-order valence-corrected chi connectivity index (χ2v) is 6.96. The van der Waals surface area contributed by atoms with E-state index in [1.165, 1.54) is 6.92 Å². The third-order valence-corrected chi connectivity index (χ3v) is 4.84. The lowest BCUT2D eigenvalue weighted by atomic mass is 10.1. The van der Waals surface area contributed by atoms with Crippen molar-refractivity contribution < 1.29 is 19.0 Å². The number of ether oxygens (including phenoxy) is 3. The lowest BCUT2D eigenvalue weighted by molar-refractivity contribution is -0.119. The Kier molecular flexibility index (Phi) is 4.79. The van der Waals surface area contributed by atoms with E-state index in [0.717, 1.165) is 41.6 Å². The molecule has 0 bridgehead atoms. The van der Waals surface area contributed by atoms with E-state index in [9.17, 15) is 4.79 Å². The number of carbonyl (C=O) groups is 1. The van der Waals surface area contributed by atoms with Crippen molar-refractivity contribution >= 4 is 11.6 Å². The molecule has 0 aromatic heterocycles. The van der Waals surface area contributed by atoms with Gasteiger partial charge in [-0.25, -0.2) is 0 Å². The summed E-state index contributed by atoms with van der Waals surface area (Å²) < 4.78 is 17.3. The zero-order valence-corrected chi connectivity index (χ0v) is 15.6. The van der Waals surface area contributed by atoms with Gasteiger partial charge in [-0.3, -0.25) is 4.79 Å². The molecule has 1 saturated heterocycles. The van der Waals surface area contributed by atoms with Crippen LogP contribution in [0, 0.1) is 0 Å². The van der Waals surface area contributed by atoms with Crippen molar-refractivity contribution in [2.75, 3.05) is 31.2 Å². The van der Waals surface area contributed by atoms with Crippen molar-refractivity contribution in [2.45, 2.75) is 26.0 Å². The van der Waals surface area contributed by atoms with Crippen molar-refractivity contribution in [2.24, 2.45) is 0 Å². The van der Waals surface area contributed by atoms with Crippen molar-refractivity contribution in [1.82, 2.24) is 5.32 Å². The van der Waals surface area contributed by atoms with E-state index in [4.69, 9.17) is 14.2 Å². The Labute approximate surface area is 159 Å². The number of nitrogens with zero attached hydrogens (tertiary/aromatic N) is 1. The third-order valence-electron chi connectivity index (χ3n) is 4.84. The highest BCUT2D eigenvalue weighted by molar-refractivity contribution is 5.73. The van der Waals surface area contributed by atoms with Gasteiger partial charge in [0.25, 0.3) is 0 Å².